The zero-order valence-electron chi connectivity index (χ0n) is 10.3. The summed E-state index contributed by atoms with van der Waals surface area (Å²) in [5.41, 5.74) is 8.48. The third-order valence-corrected chi connectivity index (χ3v) is 2.82. The lowest BCUT2D eigenvalue weighted by molar-refractivity contribution is 0.426. The van der Waals surface area contributed by atoms with Gasteiger partial charge in [0.25, 0.3) is 0 Å². The normalized spacial score (nSPS) is 9.71. The lowest BCUT2D eigenvalue weighted by Gasteiger charge is -1.99. The van der Waals surface area contributed by atoms with Crippen LogP contribution < -0.4 is 5.73 Å². The van der Waals surface area contributed by atoms with Crippen LogP contribution in [-0.4, -0.2) is 5.16 Å². The first kappa shape index (κ1) is 13.9. The molecule has 0 amide bonds. The van der Waals surface area contributed by atoms with Gasteiger partial charge in [-0.3, -0.25) is 0 Å². The Bertz CT molecular complexity index is 463. The molecule has 0 aliphatic carbocycles. The number of hydrogen-bond donors (Lipinski definition) is 1. The van der Waals surface area contributed by atoms with E-state index in [9.17, 15) is 0 Å². The molecule has 0 atom stereocenters. The number of aryl methyl sites for hydroxylation is 1. The van der Waals surface area contributed by atoms with Gasteiger partial charge < -0.3 is 10.3 Å². The Balaban J connectivity index is 0.000000686. The summed E-state index contributed by atoms with van der Waals surface area (Å²) in [6.07, 6.45) is 0. The molecule has 3 nitrogen and oxygen atoms in total. The zero-order chi connectivity index (χ0) is 12.8. The Kier molecular flexibility index (Phi) is 5.38. The molecule has 1 aromatic carbocycles. The molecular weight excluding hydrogens is 280 g/mol. The molecule has 2 aromatic rings. The Labute approximate surface area is 110 Å². The number of aromatic nitrogens is 1. The molecule has 0 spiro atoms. The van der Waals surface area contributed by atoms with Crippen molar-refractivity contribution >= 4 is 15.9 Å². The molecule has 2 N–H and O–H groups in total. The summed E-state index contributed by atoms with van der Waals surface area (Å²) in [6.45, 7) is 6.34. The Morgan fingerprint density at radius 3 is 2.35 bits per heavy atom. The van der Waals surface area contributed by atoms with Crippen molar-refractivity contribution in [2.24, 2.45) is 5.73 Å². The van der Waals surface area contributed by atoms with E-state index in [-0.39, 0.29) is 0 Å². The minimum atomic E-state index is 0.445. The standard InChI is InChI=1S/C11H11BrN2O.C2H6/c1-7-10(6-13)11(15-14-7)8-2-4-9(12)5-3-8;1-2/h2-5H,6,13H2,1H3;1-2H3. The maximum absolute atomic E-state index is 5.65. The molecule has 4 heteroatoms. The van der Waals surface area contributed by atoms with Crippen LogP contribution >= 0.6 is 15.9 Å². The van der Waals surface area contributed by atoms with E-state index in [1.807, 2.05) is 45.0 Å². The first-order chi connectivity index (χ1) is 8.22. The fourth-order valence-electron chi connectivity index (χ4n) is 1.46. The van der Waals surface area contributed by atoms with Gasteiger partial charge in [0, 0.05) is 22.1 Å². The van der Waals surface area contributed by atoms with Gasteiger partial charge in [-0.1, -0.05) is 47.1 Å². The summed E-state index contributed by atoms with van der Waals surface area (Å²) in [5.74, 6) is 0.766. The molecule has 2 rings (SSSR count). The fraction of sp³-hybridized carbons (Fsp3) is 0.308. The third kappa shape index (κ3) is 3.17. The molecule has 0 bridgehead atoms. The van der Waals surface area contributed by atoms with E-state index in [0.29, 0.717) is 6.54 Å². The van der Waals surface area contributed by atoms with Crippen molar-refractivity contribution in [3.05, 3.63) is 40.0 Å². The van der Waals surface area contributed by atoms with E-state index in [2.05, 4.69) is 21.1 Å². The fourth-order valence-corrected chi connectivity index (χ4v) is 1.72. The van der Waals surface area contributed by atoms with Crippen LogP contribution in [0.25, 0.3) is 11.3 Å². The Hall–Kier alpha value is -1.13. The molecule has 0 saturated carbocycles. The largest absolute Gasteiger partial charge is 0.356 e. The van der Waals surface area contributed by atoms with Crippen LogP contribution in [0.2, 0.25) is 0 Å². The van der Waals surface area contributed by atoms with Crippen molar-refractivity contribution in [2.75, 3.05) is 0 Å². The Morgan fingerprint density at radius 1 is 1.24 bits per heavy atom. The minimum absolute atomic E-state index is 0.445. The van der Waals surface area contributed by atoms with E-state index in [0.717, 1.165) is 27.1 Å². The van der Waals surface area contributed by atoms with Crippen LogP contribution in [0.15, 0.2) is 33.3 Å². The van der Waals surface area contributed by atoms with Gasteiger partial charge in [0.1, 0.15) is 0 Å². The number of benzene rings is 1. The summed E-state index contributed by atoms with van der Waals surface area (Å²) >= 11 is 3.39. The summed E-state index contributed by atoms with van der Waals surface area (Å²) in [6, 6.07) is 7.88. The number of nitrogens with two attached hydrogens (primary N) is 1. The second kappa shape index (κ2) is 6.57. The highest BCUT2D eigenvalue weighted by molar-refractivity contribution is 9.10. The van der Waals surface area contributed by atoms with Crippen molar-refractivity contribution in [2.45, 2.75) is 27.3 Å². The van der Waals surface area contributed by atoms with Crippen LogP contribution in [0.5, 0.6) is 0 Å². The van der Waals surface area contributed by atoms with Gasteiger partial charge >= 0.3 is 0 Å². The summed E-state index contributed by atoms with van der Waals surface area (Å²) in [7, 11) is 0. The van der Waals surface area contributed by atoms with Gasteiger partial charge in [0.2, 0.25) is 0 Å². The minimum Gasteiger partial charge on any atom is -0.356 e. The SMILES string of the molecule is CC.Cc1noc(-c2ccc(Br)cc2)c1CN. The van der Waals surface area contributed by atoms with Crippen LogP contribution in [0.3, 0.4) is 0 Å². The number of halogens is 1. The van der Waals surface area contributed by atoms with Crippen LogP contribution in [0, 0.1) is 6.92 Å². The van der Waals surface area contributed by atoms with E-state index in [4.69, 9.17) is 10.3 Å². The van der Waals surface area contributed by atoms with Gasteiger partial charge in [0.15, 0.2) is 5.76 Å². The van der Waals surface area contributed by atoms with E-state index >= 15 is 0 Å². The molecule has 1 aromatic heterocycles. The summed E-state index contributed by atoms with van der Waals surface area (Å²) in [5, 5.41) is 3.92. The lowest BCUT2D eigenvalue weighted by Crippen LogP contribution is -1.98. The maximum Gasteiger partial charge on any atom is 0.171 e. The van der Waals surface area contributed by atoms with Crippen molar-refractivity contribution in [1.29, 1.82) is 0 Å². The monoisotopic (exact) mass is 296 g/mol. The van der Waals surface area contributed by atoms with Gasteiger partial charge in [-0.05, 0) is 19.1 Å². The average molecular weight is 297 g/mol. The molecule has 0 saturated heterocycles. The smallest absolute Gasteiger partial charge is 0.171 e. The van der Waals surface area contributed by atoms with E-state index in [1.165, 1.54) is 0 Å². The summed E-state index contributed by atoms with van der Waals surface area (Å²) < 4.78 is 6.31. The van der Waals surface area contributed by atoms with Gasteiger partial charge in [-0.25, -0.2) is 0 Å². The molecule has 92 valence electrons. The molecule has 0 aliphatic heterocycles. The predicted octanol–water partition coefficient (Wildman–Crippen LogP) is 3.90. The molecule has 0 fully saturated rings. The van der Waals surface area contributed by atoms with Crippen molar-refractivity contribution in [3.63, 3.8) is 0 Å². The van der Waals surface area contributed by atoms with E-state index < -0.39 is 0 Å². The molecule has 17 heavy (non-hydrogen) atoms. The second-order valence-electron chi connectivity index (χ2n) is 3.29. The lowest BCUT2D eigenvalue weighted by atomic mass is 10.1. The van der Waals surface area contributed by atoms with Crippen molar-refractivity contribution in [1.82, 2.24) is 5.16 Å². The first-order valence-electron chi connectivity index (χ1n) is 5.63. The average Bonchev–Trinajstić information content (AvgIpc) is 2.74. The maximum atomic E-state index is 5.65. The van der Waals surface area contributed by atoms with Crippen LogP contribution in [0.4, 0.5) is 0 Å². The highest BCUT2D eigenvalue weighted by Gasteiger charge is 2.12. The zero-order valence-corrected chi connectivity index (χ0v) is 11.9. The Morgan fingerprint density at radius 2 is 1.82 bits per heavy atom. The number of nitrogens with zero attached hydrogens (tertiary/aromatic N) is 1. The molecule has 1 heterocycles. The molecule has 0 unspecified atom stereocenters. The molecular formula is C13H17BrN2O. The van der Waals surface area contributed by atoms with Gasteiger partial charge in [0.05, 0.1) is 5.69 Å². The number of hydrogen-bond acceptors (Lipinski definition) is 3. The van der Waals surface area contributed by atoms with Crippen LogP contribution in [0.1, 0.15) is 25.1 Å². The molecule has 0 radical (unpaired) electrons. The quantitative estimate of drug-likeness (QED) is 0.914. The first-order valence-corrected chi connectivity index (χ1v) is 6.43. The molecule has 0 aliphatic rings. The van der Waals surface area contributed by atoms with Gasteiger partial charge in [-0.15, -0.1) is 0 Å². The van der Waals surface area contributed by atoms with Gasteiger partial charge in [-0.2, -0.15) is 0 Å². The third-order valence-electron chi connectivity index (χ3n) is 2.30. The van der Waals surface area contributed by atoms with Crippen LogP contribution in [-0.2, 0) is 6.54 Å². The highest BCUT2D eigenvalue weighted by Crippen LogP contribution is 2.26. The van der Waals surface area contributed by atoms with Crippen molar-refractivity contribution in [3.8, 4) is 11.3 Å². The topological polar surface area (TPSA) is 52.0 Å². The predicted molar refractivity (Wildman–Crippen MR) is 73.6 cm³/mol. The second-order valence-corrected chi connectivity index (χ2v) is 4.20. The highest BCUT2D eigenvalue weighted by atomic mass is 79.9. The van der Waals surface area contributed by atoms with E-state index in [1.54, 1.807) is 0 Å². The van der Waals surface area contributed by atoms with Crippen molar-refractivity contribution < 1.29 is 4.52 Å². The summed E-state index contributed by atoms with van der Waals surface area (Å²) in [4.78, 5) is 0. The number of rotatable bonds is 2.